The van der Waals surface area contributed by atoms with E-state index in [-0.39, 0.29) is 11.5 Å². The first-order chi connectivity index (χ1) is 8.70. The van der Waals surface area contributed by atoms with Crippen molar-refractivity contribution in [3.05, 3.63) is 52.2 Å². The van der Waals surface area contributed by atoms with Crippen molar-refractivity contribution in [1.29, 1.82) is 0 Å². The first-order valence-electron chi connectivity index (χ1n) is 5.32. The Bertz CT molecular complexity index is 571. The molecular weight excluding hydrogens is 248 g/mol. The maximum absolute atomic E-state index is 11.7. The van der Waals surface area contributed by atoms with Crippen LogP contribution in [-0.4, -0.2) is 18.0 Å². The van der Waals surface area contributed by atoms with E-state index in [0.29, 0.717) is 11.3 Å². The molecule has 1 N–H and O–H groups in total. The molecule has 0 bridgehead atoms. The number of rotatable bonds is 4. The number of ether oxygens (including phenoxy) is 1. The number of hydrogen-bond acceptors (Lipinski definition) is 4. The number of phenols is 1. The van der Waals surface area contributed by atoms with Crippen molar-refractivity contribution in [2.75, 3.05) is 7.11 Å². The maximum atomic E-state index is 11.7. The number of thiophene rings is 1. The highest BCUT2D eigenvalue weighted by Crippen LogP contribution is 2.26. The molecule has 0 fully saturated rings. The zero-order valence-corrected chi connectivity index (χ0v) is 10.6. The molecule has 0 saturated heterocycles. The molecule has 1 heterocycles. The fraction of sp³-hybridized carbons (Fsp3) is 0.0714. The van der Waals surface area contributed by atoms with Crippen LogP contribution >= 0.6 is 11.3 Å². The van der Waals surface area contributed by atoms with Crippen molar-refractivity contribution in [3.63, 3.8) is 0 Å². The summed E-state index contributed by atoms with van der Waals surface area (Å²) in [7, 11) is 1.49. The van der Waals surface area contributed by atoms with E-state index in [0.717, 1.165) is 5.56 Å². The molecule has 4 heteroatoms. The highest BCUT2D eigenvalue weighted by molar-refractivity contribution is 7.08. The molecule has 18 heavy (non-hydrogen) atoms. The van der Waals surface area contributed by atoms with Gasteiger partial charge < -0.3 is 9.84 Å². The van der Waals surface area contributed by atoms with Gasteiger partial charge in [0.15, 0.2) is 17.3 Å². The van der Waals surface area contributed by atoms with Gasteiger partial charge >= 0.3 is 0 Å². The number of allylic oxidation sites excluding steroid dienone is 1. The summed E-state index contributed by atoms with van der Waals surface area (Å²) < 4.78 is 4.94. The second kappa shape index (κ2) is 5.51. The topological polar surface area (TPSA) is 46.5 Å². The number of phenolic OH excluding ortho intramolecular Hbond substituents is 1. The smallest absolute Gasteiger partial charge is 0.186 e. The Morgan fingerprint density at radius 2 is 2.22 bits per heavy atom. The minimum atomic E-state index is -0.0495. The monoisotopic (exact) mass is 260 g/mol. The lowest BCUT2D eigenvalue weighted by molar-refractivity contribution is 0.104. The van der Waals surface area contributed by atoms with Gasteiger partial charge in [-0.1, -0.05) is 12.1 Å². The molecule has 0 saturated carbocycles. The summed E-state index contributed by atoms with van der Waals surface area (Å²) in [5.41, 5.74) is 1.42. The molecule has 0 spiro atoms. The van der Waals surface area contributed by atoms with Crippen LogP contribution in [0.15, 0.2) is 41.1 Å². The number of ketones is 1. The van der Waals surface area contributed by atoms with Crippen LogP contribution in [0.2, 0.25) is 0 Å². The quantitative estimate of drug-likeness (QED) is 0.677. The average Bonchev–Trinajstić information content (AvgIpc) is 2.90. The molecule has 0 radical (unpaired) electrons. The molecule has 2 rings (SSSR count). The van der Waals surface area contributed by atoms with Gasteiger partial charge in [0.2, 0.25) is 0 Å². The molecule has 0 amide bonds. The Labute approximate surface area is 109 Å². The largest absolute Gasteiger partial charge is 0.504 e. The van der Waals surface area contributed by atoms with Crippen LogP contribution < -0.4 is 4.74 Å². The maximum Gasteiger partial charge on any atom is 0.186 e. The van der Waals surface area contributed by atoms with Gasteiger partial charge in [0.1, 0.15) is 0 Å². The van der Waals surface area contributed by atoms with Gasteiger partial charge in [-0.2, -0.15) is 11.3 Å². The first kappa shape index (κ1) is 12.4. The second-order valence-corrected chi connectivity index (χ2v) is 4.42. The van der Waals surface area contributed by atoms with Gasteiger partial charge in [-0.25, -0.2) is 0 Å². The Balaban J connectivity index is 2.14. The summed E-state index contributed by atoms with van der Waals surface area (Å²) in [5, 5.41) is 13.3. The molecule has 0 aliphatic heterocycles. The Morgan fingerprint density at radius 1 is 1.39 bits per heavy atom. The van der Waals surface area contributed by atoms with Gasteiger partial charge in [-0.3, -0.25) is 4.79 Å². The van der Waals surface area contributed by atoms with Crippen LogP contribution in [0.5, 0.6) is 11.5 Å². The summed E-state index contributed by atoms with van der Waals surface area (Å²) in [6.45, 7) is 0. The van der Waals surface area contributed by atoms with Crippen LogP contribution in [0.3, 0.4) is 0 Å². The molecule has 2 aromatic rings. The van der Waals surface area contributed by atoms with Gasteiger partial charge in [0, 0.05) is 10.9 Å². The molecule has 0 aliphatic carbocycles. The minimum Gasteiger partial charge on any atom is -0.504 e. The number of aromatic hydroxyl groups is 1. The van der Waals surface area contributed by atoms with Crippen molar-refractivity contribution >= 4 is 23.2 Å². The normalized spacial score (nSPS) is 10.7. The van der Waals surface area contributed by atoms with E-state index in [9.17, 15) is 9.90 Å². The van der Waals surface area contributed by atoms with E-state index in [1.807, 2.05) is 5.38 Å². The third-order valence-electron chi connectivity index (χ3n) is 2.44. The van der Waals surface area contributed by atoms with Crippen molar-refractivity contribution in [2.45, 2.75) is 0 Å². The van der Waals surface area contributed by atoms with E-state index in [4.69, 9.17) is 4.74 Å². The third kappa shape index (κ3) is 2.78. The molecule has 0 aliphatic rings. The van der Waals surface area contributed by atoms with Gasteiger partial charge in [0.25, 0.3) is 0 Å². The van der Waals surface area contributed by atoms with Crippen LogP contribution in [0.1, 0.15) is 15.9 Å². The summed E-state index contributed by atoms with van der Waals surface area (Å²) >= 11 is 1.49. The molecule has 0 unspecified atom stereocenters. The van der Waals surface area contributed by atoms with Crippen LogP contribution in [0, 0.1) is 0 Å². The van der Waals surface area contributed by atoms with E-state index >= 15 is 0 Å². The Kier molecular flexibility index (Phi) is 3.79. The molecule has 0 atom stereocenters. The number of benzene rings is 1. The second-order valence-electron chi connectivity index (χ2n) is 3.64. The fourth-order valence-electron chi connectivity index (χ4n) is 1.48. The van der Waals surface area contributed by atoms with Crippen molar-refractivity contribution in [1.82, 2.24) is 0 Å². The SMILES string of the molecule is COc1ccc(C=CC(=O)c2ccsc2)cc1O. The minimum absolute atomic E-state index is 0.0495. The van der Waals surface area contributed by atoms with Gasteiger partial charge in [-0.15, -0.1) is 0 Å². The lowest BCUT2D eigenvalue weighted by atomic mass is 10.1. The fourth-order valence-corrected chi connectivity index (χ4v) is 2.13. The molecule has 3 nitrogen and oxygen atoms in total. The summed E-state index contributed by atoms with van der Waals surface area (Å²) in [6, 6.07) is 6.76. The van der Waals surface area contributed by atoms with Gasteiger partial charge in [-0.05, 0) is 35.2 Å². The van der Waals surface area contributed by atoms with E-state index in [1.54, 1.807) is 35.7 Å². The number of carbonyl (C=O) groups is 1. The summed E-state index contributed by atoms with van der Waals surface area (Å²) in [5.74, 6) is 0.422. The predicted octanol–water partition coefficient (Wildman–Crippen LogP) is 3.36. The van der Waals surface area contributed by atoms with E-state index in [1.165, 1.54) is 24.5 Å². The summed E-state index contributed by atoms with van der Waals surface area (Å²) in [6.07, 6.45) is 3.16. The average molecular weight is 260 g/mol. The van der Waals surface area contributed by atoms with E-state index in [2.05, 4.69) is 0 Å². The molecule has 1 aromatic heterocycles. The van der Waals surface area contributed by atoms with Crippen LogP contribution in [-0.2, 0) is 0 Å². The standard InChI is InChI=1S/C14H12O3S/c1-17-14-5-3-10(8-13(14)16)2-4-12(15)11-6-7-18-9-11/h2-9,16H,1H3. The Hall–Kier alpha value is -2.07. The summed E-state index contributed by atoms with van der Waals surface area (Å²) in [4.78, 5) is 11.7. The molecular formula is C14H12O3S. The van der Waals surface area contributed by atoms with Crippen molar-refractivity contribution in [3.8, 4) is 11.5 Å². The van der Waals surface area contributed by atoms with Crippen molar-refractivity contribution < 1.29 is 14.6 Å². The predicted molar refractivity (Wildman–Crippen MR) is 72.3 cm³/mol. The van der Waals surface area contributed by atoms with E-state index < -0.39 is 0 Å². The molecule has 1 aromatic carbocycles. The third-order valence-corrected chi connectivity index (χ3v) is 3.12. The highest BCUT2D eigenvalue weighted by Gasteiger charge is 2.03. The highest BCUT2D eigenvalue weighted by atomic mass is 32.1. The zero-order valence-electron chi connectivity index (χ0n) is 9.79. The zero-order chi connectivity index (χ0) is 13.0. The van der Waals surface area contributed by atoms with Crippen LogP contribution in [0.25, 0.3) is 6.08 Å². The number of hydrogen-bond donors (Lipinski definition) is 1. The van der Waals surface area contributed by atoms with Gasteiger partial charge in [0.05, 0.1) is 7.11 Å². The lowest BCUT2D eigenvalue weighted by Crippen LogP contribution is -1.90. The van der Waals surface area contributed by atoms with Crippen molar-refractivity contribution in [2.24, 2.45) is 0 Å². The lowest BCUT2D eigenvalue weighted by Gasteiger charge is -2.03. The van der Waals surface area contributed by atoms with Crippen LogP contribution in [0.4, 0.5) is 0 Å². The number of carbonyl (C=O) groups excluding carboxylic acids is 1. The Morgan fingerprint density at radius 3 is 2.83 bits per heavy atom. The first-order valence-corrected chi connectivity index (χ1v) is 6.26. The molecule has 92 valence electrons. The number of methoxy groups -OCH3 is 1.